The summed E-state index contributed by atoms with van der Waals surface area (Å²) >= 11 is 0. The van der Waals surface area contributed by atoms with E-state index in [1.807, 2.05) is 0 Å². The molecule has 2 atom stereocenters. The van der Waals surface area contributed by atoms with Gasteiger partial charge in [0.05, 0.1) is 11.7 Å². The van der Waals surface area contributed by atoms with Crippen LogP contribution >= 0.6 is 0 Å². The van der Waals surface area contributed by atoms with Crippen molar-refractivity contribution in [3.8, 4) is 0 Å². The first-order valence-corrected chi connectivity index (χ1v) is 3.68. The quantitative estimate of drug-likeness (QED) is 0.561. The van der Waals surface area contributed by atoms with E-state index in [1.165, 1.54) is 0 Å². The van der Waals surface area contributed by atoms with Gasteiger partial charge in [0.15, 0.2) is 0 Å². The van der Waals surface area contributed by atoms with Crippen molar-refractivity contribution >= 4 is 0 Å². The summed E-state index contributed by atoms with van der Waals surface area (Å²) in [5.41, 5.74) is -0.652. The molecule has 0 radical (unpaired) electrons. The Kier molecular flexibility index (Phi) is 2.11. The topological polar surface area (TPSA) is 40.5 Å². The fourth-order valence-corrected chi connectivity index (χ4v) is 1.53. The van der Waals surface area contributed by atoms with E-state index in [2.05, 4.69) is 6.58 Å². The van der Waals surface area contributed by atoms with Gasteiger partial charge in [0.2, 0.25) is 0 Å². The molecule has 1 saturated carbocycles. The monoisotopic (exact) mass is 142 g/mol. The van der Waals surface area contributed by atoms with Gasteiger partial charge in [-0.25, -0.2) is 0 Å². The molecule has 0 heterocycles. The van der Waals surface area contributed by atoms with Crippen molar-refractivity contribution in [2.75, 3.05) is 0 Å². The molecule has 1 aliphatic carbocycles. The van der Waals surface area contributed by atoms with E-state index < -0.39 is 5.60 Å². The SMILES string of the molecule is C=CC[C@@]1(O)CC[C@H](O)C1. The Morgan fingerprint density at radius 1 is 1.70 bits per heavy atom. The molecule has 0 amide bonds. The lowest BCUT2D eigenvalue weighted by Crippen LogP contribution is -2.24. The Morgan fingerprint density at radius 3 is 2.80 bits per heavy atom. The molecular weight excluding hydrogens is 128 g/mol. The van der Waals surface area contributed by atoms with Gasteiger partial charge in [-0.05, 0) is 19.3 Å². The number of hydrogen-bond donors (Lipinski definition) is 2. The Morgan fingerprint density at radius 2 is 2.40 bits per heavy atom. The van der Waals surface area contributed by atoms with E-state index in [1.54, 1.807) is 6.08 Å². The van der Waals surface area contributed by atoms with Gasteiger partial charge in [0.1, 0.15) is 0 Å². The Hall–Kier alpha value is -0.340. The average molecular weight is 142 g/mol. The number of aliphatic hydroxyl groups is 2. The normalized spacial score (nSPS) is 40.0. The highest BCUT2D eigenvalue weighted by Crippen LogP contribution is 2.32. The van der Waals surface area contributed by atoms with Crippen LogP contribution in [0.4, 0.5) is 0 Å². The van der Waals surface area contributed by atoms with Crippen LogP contribution < -0.4 is 0 Å². The van der Waals surface area contributed by atoms with Crippen molar-refractivity contribution < 1.29 is 10.2 Å². The highest BCUT2D eigenvalue weighted by molar-refractivity contribution is 4.93. The van der Waals surface area contributed by atoms with Crippen LogP contribution in [0.1, 0.15) is 25.7 Å². The number of aliphatic hydroxyl groups excluding tert-OH is 1. The fraction of sp³-hybridized carbons (Fsp3) is 0.750. The largest absolute Gasteiger partial charge is 0.393 e. The molecule has 0 spiro atoms. The third kappa shape index (κ3) is 1.58. The summed E-state index contributed by atoms with van der Waals surface area (Å²) in [6, 6.07) is 0. The molecule has 1 aliphatic rings. The van der Waals surface area contributed by atoms with Crippen LogP contribution in [0.15, 0.2) is 12.7 Å². The molecule has 1 rings (SSSR count). The highest BCUT2D eigenvalue weighted by atomic mass is 16.3. The summed E-state index contributed by atoms with van der Waals surface area (Å²) in [6.45, 7) is 3.55. The van der Waals surface area contributed by atoms with Crippen LogP contribution in [0.25, 0.3) is 0 Å². The van der Waals surface area contributed by atoms with Gasteiger partial charge >= 0.3 is 0 Å². The van der Waals surface area contributed by atoms with Gasteiger partial charge in [0.25, 0.3) is 0 Å². The molecule has 0 saturated heterocycles. The van der Waals surface area contributed by atoms with Crippen LogP contribution in [-0.4, -0.2) is 21.9 Å². The molecule has 2 N–H and O–H groups in total. The van der Waals surface area contributed by atoms with Crippen molar-refractivity contribution in [2.24, 2.45) is 0 Å². The van der Waals surface area contributed by atoms with Crippen molar-refractivity contribution in [2.45, 2.75) is 37.4 Å². The Bertz CT molecular complexity index is 133. The van der Waals surface area contributed by atoms with Crippen molar-refractivity contribution in [1.82, 2.24) is 0 Å². The molecule has 0 aromatic heterocycles. The summed E-state index contributed by atoms with van der Waals surface area (Å²) in [5.74, 6) is 0. The van der Waals surface area contributed by atoms with Gasteiger partial charge in [0, 0.05) is 6.42 Å². The van der Waals surface area contributed by atoms with Crippen molar-refractivity contribution in [3.05, 3.63) is 12.7 Å². The van der Waals surface area contributed by atoms with Gasteiger partial charge in [-0.1, -0.05) is 6.08 Å². The summed E-state index contributed by atoms with van der Waals surface area (Å²) in [4.78, 5) is 0. The smallest absolute Gasteiger partial charge is 0.0707 e. The highest BCUT2D eigenvalue weighted by Gasteiger charge is 2.34. The third-order valence-electron chi connectivity index (χ3n) is 2.08. The van der Waals surface area contributed by atoms with E-state index in [9.17, 15) is 5.11 Å². The maximum Gasteiger partial charge on any atom is 0.0707 e. The fourth-order valence-electron chi connectivity index (χ4n) is 1.53. The number of hydrogen-bond acceptors (Lipinski definition) is 2. The summed E-state index contributed by atoms with van der Waals surface area (Å²) < 4.78 is 0. The lowest BCUT2D eigenvalue weighted by molar-refractivity contribution is 0.0354. The first-order chi connectivity index (χ1) is 4.66. The summed E-state index contributed by atoms with van der Waals surface area (Å²) in [6.07, 6.45) is 3.95. The standard InChI is InChI=1S/C8H14O2/c1-2-4-8(10)5-3-7(9)6-8/h2,7,9-10H,1,3-6H2/t7-,8+/m0/s1. The summed E-state index contributed by atoms with van der Waals surface area (Å²) in [5, 5.41) is 18.7. The Labute approximate surface area is 61.2 Å². The molecule has 0 aliphatic heterocycles. The van der Waals surface area contributed by atoms with Crippen LogP contribution in [0.3, 0.4) is 0 Å². The second-order valence-electron chi connectivity index (χ2n) is 3.11. The Balaban J connectivity index is 2.45. The molecule has 2 heteroatoms. The lowest BCUT2D eigenvalue weighted by atomic mass is 9.98. The van der Waals surface area contributed by atoms with E-state index >= 15 is 0 Å². The van der Waals surface area contributed by atoms with E-state index in [0.29, 0.717) is 19.3 Å². The molecule has 0 unspecified atom stereocenters. The molecule has 58 valence electrons. The minimum Gasteiger partial charge on any atom is -0.393 e. The second kappa shape index (κ2) is 2.72. The maximum absolute atomic E-state index is 9.63. The van der Waals surface area contributed by atoms with E-state index in [4.69, 9.17) is 5.11 Å². The predicted molar refractivity (Wildman–Crippen MR) is 39.6 cm³/mol. The molecule has 1 fully saturated rings. The molecule has 2 nitrogen and oxygen atoms in total. The van der Waals surface area contributed by atoms with Gasteiger partial charge in [-0.2, -0.15) is 0 Å². The lowest BCUT2D eigenvalue weighted by Gasteiger charge is -2.19. The zero-order valence-corrected chi connectivity index (χ0v) is 6.08. The minimum absolute atomic E-state index is 0.301. The minimum atomic E-state index is -0.652. The second-order valence-corrected chi connectivity index (χ2v) is 3.11. The third-order valence-corrected chi connectivity index (χ3v) is 2.08. The molecule has 10 heavy (non-hydrogen) atoms. The van der Waals surface area contributed by atoms with Crippen LogP contribution in [0.2, 0.25) is 0 Å². The number of rotatable bonds is 2. The van der Waals surface area contributed by atoms with Crippen molar-refractivity contribution in [3.63, 3.8) is 0 Å². The maximum atomic E-state index is 9.63. The molecule has 0 aromatic rings. The zero-order chi connectivity index (χ0) is 7.61. The van der Waals surface area contributed by atoms with Gasteiger partial charge in [-0.15, -0.1) is 6.58 Å². The molecular formula is C8H14O2. The zero-order valence-electron chi connectivity index (χ0n) is 6.08. The predicted octanol–water partition coefficient (Wildman–Crippen LogP) is 0.838. The van der Waals surface area contributed by atoms with E-state index in [-0.39, 0.29) is 6.10 Å². The molecule has 0 aromatic carbocycles. The van der Waals surface area contributed by atoms with Crippen LogP contribution in [0.5, 0.6) is 0 Å². The van der Waals surface area contributed by atoms with Gasteiger partial charge < -0.3 is 10.2 Å². The summed E-state index contributed by atoms with van der Waals surface area (Å²) in [7, 11) is 0. The van der Waals surface area contributed by atoms with Crippen LogP contribution in [0, 0.1) is 0 Å². The first-order valence-electron chi connectivity index (χ1n) is 3.68. The molecule has 0 bridgehead atoms. The van der Waals surface area contributed by atoms with Crippen LogP contribution in [-0.2, 0) is 0 Å². The van der Waals surface area contributed by atoms with E-state index in [0.717, 1.165) is 6.42 Å². The van der Waals surface area contributed by atoms with Crippen molar-refractivity contribution in [1.29, 1.82) is 0 Å². The van der Waals surface area contributed by atoms with Gasteiger partial charge in [-0.3, -0.25) is 0 Å². The average Bonchev–Trinajstić information content (AvgIpc) is 2.12. The first kappa shape index (κ1) is 7.76.